The average molecular weight is 374 g/mol. The lowest BCUT2D eigenvalue weighted by Crippen LogP contribution is -2.21. The smallest absolute Gasteiger partial charge is 0.278 e. The second-order valence-electron chi connectivity index (χ2n) is 5.54. The molecule has 25 heavy (non-hydrogen) atoms. The first-order valence-electron chi connectivity index (χ1n) is 7.61. The van der Waals surface area contributed by atoms with Gasteiger partial charge in [-0.3, -0.25) is 14.2 Å². The van der Waals surface area contributed by atoms with E-state index < -0.39 is 0 Å². The summed E-state index contributed by atoms with van der Waals surface area (Å²) in [5, 5.41) is 3.39. The molecule has 8 heteroatoms. The Labute approximate surface area is 153 Å². The number of carbonyl (C=O) groups excluding carboxylic acids is 1. The number of H-pyrrole nitrogens is 1. The molecule has 0 radical (unpaired) electrons. The van der Waals surface area contributed by atoms with Crippen LogP contribution in [-0.2, 0) is 11.8 Å². The third kappa shape index (κ3) is 3.91. The molecule has 0 aliphatic rings. The van der Waals surface area contributed by atoms with Crippen LogP contribution in [0.25, 0.3) is 11.0 Å². The fourth-order valence-electron chi connectivity index (χ4n) is 2.42. The standard InChI is InChI=1S/C17H18N4O2S2/c1-10-7-13-15(18-10)16(23)21(2)17(20-13)25-9-14(22)19-11-5-4-6-12(8-11)24-3/h4-8,18H,9H2,1-3H3,(H,19,22). The van der Waals surface area contributed by atoms with Crippen molar-refractivity contribution in [2.75, 3.05) is 17.3 Å². The average Bonchev–Trinajstić information content (AvgIpc) is 2.97. The largest absolute Gasteiger partial charge is 0.353 e. The van der Waals surface area contributed by atoms with E-state index in [0.29, 0.717) is 16.2 Å². The first-order chi connectivity index (χ1) is 12.0. The molecule has 0 saturated carbocycles. The van der Waals surface area contributed by atoms with E-state index in [2.05, 4.69) is 15.3 Å². The highest BCUT2D eigenvalue weighted by atomic mass is 32.2. The summed E-state index contributed by atoms with van der Waals surface area (Å²) in [5.74, 6) is 0.0430. The summed E-state index contributed by atoms with van der Waals surface area (Å²) in [6, 6.07) is 9.50. The van der Waals surface area contributed by atoms with E-state index in [1.165, 1.54) is 16.3 Å². The molecule has 0 aliphatic heterocycles. The Bertz CT molecular complexity index is 994. The number of fused-ring (bicyclic) bond motifs is 1. The van der Waals surface area contributed by atoms with Gasteiger partial charge in [0.2, 0.25) is 5.91 Å². The lowest BCUT2D eigenvalue weighted by molar-refractivity contribution is -0.113. The van der Waals surface area contributed by atoms with Gasteiger partial charge in [0, 0.05) is 23.3 Å². The summed E-state index contributed by atoms with van der Waals surface area (Å²) < 4.78 is 1.46. The van der Waals surface area contributed by atoms with Crippen molar-refractivity contribution in [3.8, 4) is 0 Å². The predicted octanol–water partition coefficient (Wildman–Crippen LogP) is 3.02. The SMILES string of the molecule is CSc1cccc(NC(=O)CSc2nc3cc(C)[nH]c3c(=O)n2C)c1. The Morgan fingerprint density at radius 2 is 2.16 bits per heavy atom. The van der Waals surface area contributed by atoms with Crippen molar-refractivity contribution in [1.82, 2.24) is 14.5 Å². The van der Waals surface area contributed by atoms with E-state index in [0.717, 1.165) is 16.3 Å². The van der Waals surface area contributed by atoms with E-state index in [-0.39, 0.29) is 17.2 Å². The molecule has 3 rings (SSSR count). The number of nitrogens with one attached hydrogen (secondary N) is 2. The van der Waals surface area contributed by atoms with Crippen molar-refractivity contribution in [3.63, 3.8) is 0 Å². The van der Waals surface area contributed by atoms with Crippen LogP contribution in [-0.4, -0.2) is 32.5 Å². The number of carbonyl (C=O) groups is 1. The maximum Gasteiger partial charge on any atom is 0.278 e. The molecular formula is C17H18N4O2S2. The van der Waals surface area contributed by atoms with Crippen LogP contribution in [0.2, 0.25) is 0 Å². The molecule has 0 saturated heterocycles. The van der Waals surface area contributed by atoms with Crippen molar-refractivity contribution in [2.45, 2.75) is 17.0 Å². The number of aryl methyl sites for hydroxylation is 1. The molecule has 130 valence electrons. The van der Waals surface area contributed by atoms with E-state index in [1.807, 2.05) is 43.5 Å². The van der Waals surface area contributed by atoms with Gasteiger partial charge < -0.3 is 10.3 Å². The summed E-state index contributed by atoms with van der Waals surface area (Å²) in [6.45, 7) is 1.88. The monoisotopic (exact) mass is 374 g/mol. The number of hydrogen-bond acceptors (Lipinski definition) is 5. The third-order valence-corrected chi connectivity index (χ3v) is 5.39. The van der Waals surface area contributed by atoms with Gasteiger partial charge in [0.05, 0.1) is 11.3 Å². The van der Waals surface area contributed by atoms with Gasteiger partial charge in [0.15, 0.2) is 5.16 Å². The van der Waals surface area contributed by atoms with Gasteiger partial charge in [-0.05, 0) is 37.4 Å². The van der Waals surface area contributed by atoms with Crippen molar-refractivity contribution >= 4 is 46.2 Å². The molecular weight excluding hydrogens is 356 g/mol. The van der Waals surface area contributed by atoms with E-state index in [1.54, 1.807) is 18.8 Å². The zero-order chi connectivity index (χ0) is 18.0. The maximum atomic E-state index is 12.3. The summed E-state index contributed by atoms with van der Waals surface area (Å²) in [7, 11) is 1.66. The lowest BCUT2D eigenvalue weighted by Gasteiger charge is -2.08. The number of thioether (sulfide) groups is 2. The highest BCUT2D eigenvalue weighted by Crippen LogP contribution is 2.20. The van der Waals surface area contributed by atoms with Crippen LogP contribution < -0.4 is 10.9 Å². The Morgan fingerprint density at radius 1 is 1.36 bits per heavy atom. The molecule has 0 spiro atoms. The zero-order valence-corrected chi connectivity index (χ0v) is 15.8. The topological polar surface area (TPSA) is 79.8 Å². The second kappa shape index (κ2) is 7.37. The number of benzene rings is 1. The number of hydrogen-bond donors (Lipinski definition) is 2. The highest BCUT2D eigenvalue weighted by molar-refractivity contribution is 7.99. The molecule has 3 aromatic rings. The Balaban J connectivity index is 1.72. The zero-order valence-electron chi connectivity index (χ0n) is 14.1. The first kappa shape index (κ1) is 17.6. The Hall–Kier alpha value is -2.19. The molecule has 0 fully saturated rings. The lowest BCUT2D eigenvalue weighted by atomic mass is 10.3. The molecule has 0 atom stereocenters. The molecule has 0 bridgehead atoms. The van der Waals surface area contributed by atoms with Gasteiger partial charge in [0.1, 0.15) is 5.52 Å². The van der Waals surface area contributed by atoms with Crippen LogP contribution >= 0.6 is 23.5 Å². The fourth-order valence-corrected chi connectivity index (χ4v) is 3.65. The van der Waals surface area contributed by atoms with E-state index in [4.69, 9.17) is 0 Å². The number of rotatable bonds is 5. The van der Waals surface area contributed by atoms with Gasteiger partial charge in [-0.15, -0.1) is 11.8 Å². The van der Waals surface area contributed by atoms with Crippen molar-refractivity contribution < 1.29 is 4.79 Å². The molecule has 2 N–H and O–H groups in total. The summed E-state index contributed by atoms with van der Waals surface area (Å²) in [4.78, 5) is 33.1. The van der Waals surface area contributed by atoms with Gasteiger partial charge in [-0.2, -0.15) is 0 Å². The summed E-state index contributed by atoms with van der Waals surface area (Å²) in [6.07, 6.45) is 1.99. The van der Waals surface area contributed by atoms with Crippen molar-refractivity contribution in [3.05, 3.63) is 46.4 Å². The highest BCUT2D eigenvalue weighted by Gasteiger charge is 2.12. The molecule has 6 nitrogen and oxygen atoms in total. The van der Waals surface area contributed by atoms with Gasteiger partial charge in [-0.25, -0.2) is 4.98 Å². The minimum Gasteiger partial charge on any atom is -0.353 e. The summed E-state index contributed by atoms with van der Waals surface area (Å²) >= 11 is 2.86. The van der Waals surface area contributed by atoms with Gasteiger partial charge in [0.25, 0.3) is 5.56 Å². The number of aromatic nitrogens is 3. The van der Waals surface area contributed by atoms with Gasteiger partial charge >= 0.3 is 0 Å². The molecule has 2 aromatic heterocycles. The fraction of sp³-hybridized carbons (Fsp3) is 0.235. The number of aromatic amines is 1. The molecule has 2 heterocycles. The van der Waals surface area contributed by atoms with Crippen LogP contribution in [0.15, 0.2) is 45.2 Å². The second-order valence-corrected chi connectivity index (χ2v) is 7.36. The number of anilines is 1. The van der Waals surface area contributed by atoms with Crippen LogP contribution in [0, 0.1) is 6.92 Å². The van der Waals surface area contributed by atoms with E-state index >= 15 is 0 Å². The van der Waals surface area contributed by atoms with Crippen molar-refractivity contribution in [1.29, 1.82) is 0 Å². The summed E-state index contributed by atoms with van der Waals surface area (Å²) in [5.41, 5.74) is 2.61. The minimum atomic E-state index is -0.145. The Morgan fingerprint density at radius 3 is 2.92 bits per heavy atom. The van der Waals surface area contributed by atoms with E-state index in [9.17, 15) is 9.59 Å². The molecule has 1 aromatic carbocycles. The normalized spacial score (nSPS) is 11.0. The molecule has 1 amide bonds. The third-order valence-electron chi connectivity index (χ3n) is 3.64. The molecule has 0 unspecified atom stereocenters. The first-order valence-corrected chi connectivity index (χ1v) is 9.82. The van der Waals surface area contributed by atoms with Crippen LogP contribution in [0.1, 0.15) is 5.69 Å². The number of nitrogens with zero attached hydrogens (tertiary/aromatic N) is 2. The van der Waals surface area contributed by atoms with Crippen LogP contribution in [0.3, 0.4) is 0 Å². The van der Waals surface area contributed by atoms with Gasteiger partial charge in [-0.1, -0.05) is 17.8 Å². The molecule has 0 aliphatic carbocycles. The maximum absolute atomic E-state index is 12.3. The number of amides is 1. The van der Waals surface area contributed by atoms with Crippen molar-refractivity contribution in [2.24, 2.45) is 7.05 Å². The Kier molecular flexibility index (Phi) is 5.19. The van der Waals surface area contributed by atoms with Crippen LogP contribution in [0.5, 0.6) is 0 Å². The quantitative estimate of drug-likeness (QED) is 0.530. The minimum absolute atomic E-state index is 0.136. The van der Waals surface area contributed by atoms with Crippen LogP contribution in [0.4, 0.5) is 5.69 Å². The predicted molar refractivity (Wildman–Crippen MR) is 104 cm³/mol.